The highest BCUT2D eigenvalue weighted by atomic mass is 16.5. The Balaban J connectivity index is 1.09. The van der Waals surface area contributed by atoms with Gasteiger partial charge in [0.15, 0.2) is 0 Å². The Morgan fingerprint density at radius 3 is 1.35 bits per heavy atom. The molecule has 0 fully saturated rings. The summed E-state index contributed by atoms with van der Waals surface area (Å²) in [5, 5.41) is 2.36. The van der Waals surface area contributed by atoms with Crippen LogP contribution in [0.4, 0.5) is 22.7 Å². The van der Waals surface area contributed by atoms with Gasteiger partial charge < -0.3 is 14.5 Å². The van der Waals surface area contributed by atoms with Crippen molar-refractivity contribution in [3.05, 3.63) is 250 Å². The second-order valence-corrected chi connectivity index (χ2v) is 27.2. The van der Waals surface area contributed by atoms with Crippen molar-refractivity contribution in [1.82, 2.24) is 9.55 Å². The second-order valence-electron chi connectivity index (χ2n) is 27.2. The van der Waals surface area contributed by atoms with Crippen LogP contribution in [0.25, 0.3) is 27.6 Å². The van der Waals surface area contributed by atoms with Crippen LogP contribution in [0.5, 0.6) is 11.5 Å². The lowest BCUT2D eigenvalue weighted by atomic mass is 9.73. The predicted octanol–water partition coefficient (Wildman–Crippen LogP) is 20.1. The Morgan fingerprint density at radius 2 is 0.812 bits per heavy atom. The molecule has 5 heteroatoms. The van der Waals surface area contributed by atoms with E-state index in [1.54, 1.807) is 0 Å². The molecule has 1 aliphatic heterocycles. The molecule has 406 valence electrons. The summed E-state index contributed by atoms with van der Waals surface area (Å²) in [7, 11) is 0. The molecule has 0 unspecified atom stereocenters. The van der Waals surface area contributed by atoms with Gasteiger partial charge >= 0.3 is 0 Å². The van der Waals surface area contributed by atoms with Gasteiger partial charge in [0.25, 0.3) is 0 Å². The van der Waals surface area contributed by atoms with E-state index in [9.17, 15) is 0 Å². The summed E-state index contributed by atoms with van der Waals surface area (Å²) in [5.41, 5.74) is 17.0. The lowest BCUT2D eigenvalue weighted by molar-refractivity contribution is 0.480. The van der Waals surface area contributed by atoms with Gasteiger partial charge in [-0.15, -0.1) is 0 Å². The zero-order valence-electron chi connectivity index (χ0n) is 50.0. The number of fused-ring (bicyclic) bond motifs is 4. The summed E-state index contributed by atoms with van der Waals surface area (Å²) in [5.74, 6) is 2.43. The third-order valence-electron chi connectivity index (χ3n) is 17.5. The van der Waals surface area contributed by atoms with Gasteiger partial charge in [-0.1, -0.05) is 213 Å². The topological polar surface area (TPSA) is 33.5 Å². The molecule has 0 saturated carbocycles. The van der Waals surface area contributed by atoms with E-state index in [-0.39, 0.29) is 32.5 Å². The van der Waals surface area contributed by atoms with Crippen molar-refractivity contribution in [2.45, 2.75) is 136 Å². The fraction of sp³-hybridized carbons (Fsp3) is 0.293. The minimum Gasteiger partial charge on any atom is -0.457 e. The van der Waals surface area contributed by atoms with E-state index in [2.05, 4.69) is 312 Å². The van der Waals surface area contributed by atoms with Crippen LogP contribution in [0.1, 0.15) is 154 Å². The minimum absolute atomic E-state index is 0.0148. The van der Waals surface area contributed by atoms with E-state index < -0.39 is 0 Å². The smallest absolute Gasteiger partial charge is 0.137 e. The Morgan fingerprint density at radius 1 is 0.338 bits per heavy atom. The summed E-state index contributed by atoms with van der Waals surface area (Å²) in [4.78, 5) is 10.1. The lowest BCUT2D eigenvalue weighted by Crippen LogP contribution is -2.27. The van der Waals surface area contributed by atoms with Crippen LogP contribution in [0.2, 0.25) is 0 Å². The normalized spacial score (nSPS) is 13.6. The van der Waals surface area contributed by atoms with Crippen LogP contribution in [-0.4, -0.2) is 16.2 Å². The average molecular weight is 1050 g/mol. The fourth-order valence-electron chi connectivity index (χ4n) is 11.8. The van der Waals surface area contributed by atoms with Crippen LogP contribution in [0.3, 0.4) is 0 Å². The highest BCUT2D eigenvalue weighted by Gasteiger charge is 2.36. The third-order valence-corrected chi connectivity index (χ3v) is 17.5. The molecule has 0 amide bonds. The molecule has 0 saturated heterocycles. The third kappa shape index (κ3) is 9.99. The SMILES string of the molecule is CC(C)(C)c1ccnc(-n2c3ccc(C(C)(C)C)cc3c3ccc(Oc4cc(N5CN(c6cc(C(C)(C)c7ccccc7)cc(C(C)(C)c7ccccc7)c6)c6ccc(C(C)(C)C)cc65)cc(C(C)(C)c5ccccc5)c4)cc32)c1. The first-order chi connectivity index (χ1) is 37.8. The van der Waals surface area contributed by atoms with Gasteiger partial charge in [0.05, 0.1) is 22.4 Å². The van der Waals surface area contributed by atoms with Crippen LogP contribution in [0, 0.1) is 0 Å². The van der Waals surface area contributed by atoms with E-state index in [1.807, 2.05) is 6.20 Å². The highest BCUT2D eigenvalue weighted by molar-refractivity contribution is 6.10. The standard InChI is InChI=1S/C75H80N4O/c1-70(2,3)53-31-35-65-64(44-53)63-34-33-61(48-67(63)79(65)69-46-55(37-38-76-69)72(7,8)9)80-62-43-58(75(14,15)52-29-23-18-24-30-52)42-60(47-62)78-49-77(66-36-32-54(45-68(66)78)71(4,5)6)59-40-56(73(10,11)50-25-19-16-20-26-50)39-57(41-59)74(12,13)51-27-21-17-22-28-51/h16-48H,49H2,1-15H3. The number of hydrogen-bond donors (Lipinski definition) is 0. The zero-order chi connectivity index (χ0) is 56.7. The van der Waals surface area contributed by atoms with Gasteiger partial charge in [0.1, 0.15) is 24.0 Å². The first kappa shape index (κ1) is 54.1. The zero-order valence-corrected chi connectivity index (χ0v) is 50.0. The fourth-order valence-corrected chi connectivity index (χ4v) is 11.8. The van der Waals surface area contributed by atoms with Crippen molar-refractivity contribution in [3.8, 4) is 17.3 Å². The number of anilines is 4. The lowest BCUT2D eigenvalue weighted by Gasteiger charge is -2.33. The van der Waals surface area contributed by atoms with Crippen molar-refractivity contribution in [2.24, 2.45) is 0 Å². The van der Waals surface area contributed by atoms with Crippen LogP contribution < -0.4 is 14.5 Å². The maximum absolute atomic E-state index is 7.30. The molecule has 0 N–H and O–H groups in total. The molecule has 3 heterocycles. The predicted molar refractivity (Wildman–Crippen MR) is 339 cm³/mol. The second kappa shape index (κ2) is 19.7. The molecule has 1 aliphatic rings. The quantitative estimate of drug-likeness (QED) is 0.129. The van der Waals surface area contributed by atoms with E-state index in [0.29, 0.717) is 6.67 Å². The molecular formula is C75H80N4O. The molecular weight excluding hydrogens is 973 g/mol. The average Bonchev–Trinajstić information content (AvgIpc) is 3.99. The van der Waals surface area contributed by atoms with Gasteiger partial charge in [0.2, 0.25) is 0 Å². The number of hydrogen-bond acceptors (Lipinski definition) is 4. The summed E-state index contributed by atoms with van der Waals surface area (Å²) < 4.78 is 9.62. The maximum atomic E-state index is 7.30. The van der Waals surface area contributed by atoms with Crippen LogP contribution in [0.15, 0.2) is 200 Å². The van der Waals surface area contributed by atoms with E-state index in [1.165, 1.54) is 61.3 Å². The van der Waals surface area contributed by atoms with Gasteiger partial charge in [-0.25, -0.2) is 4.98 Å². The Labute approximate surface area is 476 Å². The number of rotatable bonds is 11. The Bertz CT molecular complexity index is 3850. The van der Waals surface area contributed by atoms with Gasteiger partial charge in [0, 0.05) is 56.7 Å². The summed E-state index contributed by atoms with van der Waals surface area (Å²) in [6.45, 7) is 35.3. The first-order valence-corrected chi connectivity index (χ1v) is 28.7. The largest absolute Gasteiger partial charge is 0.457 e. The van der Waals surface area contributed by atoms with Crippen molar-refractivity contribution >= 4 is 44.6 Å². The van der Waals surface area contributed by atoms with E-state index in [4.69, 9.17) is 9.72 Å². The Hall–Kier alpha value is -7.89. The highest BCUT2D eigenvalue weighted by Crippen LogP contribution is 2.50. The summed E-state index contributed by atoms with van der Waals surface area (Å²) >= 11 is 0. The van der Waals surface area contributed by atoms with Crippen LogP contribution in [-0.2, 0) is 32.5 Å². The summed E-state index contributed by atoms with van der Waals surface area (Å²) in [6, 6.07) is 72.1. The maximum Gasteiger partial charge on any atom is 0.137 e. The molecule has 0 bridgehead atoms. The van der Waals surface area contributed by atoms with Crippen molar-refractivity contribution < 1.29 is 4.74 Å². The number of benzene rings is 8. The number of aromatic nitrogens is 2. The number of ether oxygens (including phenoxy) is 1. The molecule has 0 radical (unpaired) electrons. The molecule has 11 rings (SSSR count). The van der Waals surface area contributed by atoms with E-state index >= 15 is 0 Å². The molecule has 5 nitrogen and oxygen atoms in total. The van der Waals surface area contributed by atoms with E-state index in [0.717, 1.165) is 50.7 Å². The summed E-state index contributed by atoms with van der Waals surface area (Å²) in [6.07, 6.45) is 1.95. The minimum atomic E-state index is -0.370. The molecule has 80 heavy (non-hydrogen) atoms. The van der Waals surface area contributed by atoms with Crippen LogP contribution >= 0.6 is 0 Å². The van der Waals surface area contributed by atoms with Crippen molar-refractivity contribution in [1.29, 1.82) is 0 Å². The molecule has 0 atom stereocenters. The van der Waals surface area contributed by atoms with Crippen molar-refractivity contribution in [3.63, 3.8) is 0 Å². The first-order valence-electron chi connectivity index (χ1n) is 28.7. The number of pyridine rings is 1. The van der Waals surface area contributed by atoms with Gasteiger partial charge in [-0.05, 0) is 139 Å². The molecule has 10 aromatic rings. The molecule has 0 aliphatic carbocycles. The monoisotopic (exact) mass is 1050 g/mol. The molecule has 8 aromatic carbocycles. The van der Waals surface area contributed by atoms with Crippen molar-refractivity contribution in [2.75, 3.05) is 16.5 Å². The molecule has 0 spiro atoms. The number of nitrogens with zero attached hydrogens (tertiary/aromatic N) is 4. The molecule has 2 aromatic heterocycles. The Kier molecular flexibility index (Phi) is 13.3. The van der Waals surface area contributed by atoms with Gasteiger partial charge in [-0.3, -0.25) is 4.57 Å². The van der Waals surface area contributed by atoms with Gasteiger partial charge in [-0.2, -0.15) is 0 Å².